The summed E-state index contributed by atoms with van der Waals surface area (Å²) >= 11 is 0. The van der Waals surface area contributed by atoms with Gasteiger partial charge in [-0.25, -0.2) is 0 Å². The van der Waals surface area contributed by atoms with Crippen LogP contribution < -0.4 is 5.32 Å². The molecule has 1 saturated heterocycles. The van der Waals surface area contributed by atoms with Crippen LogP contribution in [-0.4, -0.2) is 12.6 Å². The van der Waals surface area contributed by atoms with Crippen molar-refractivity contribution in [2.24, 2.45) is 5.92 Å². The third kappa shape index (κ3) is 0.576. The van der Waals surface area contributed by atoms with E-state index in [-0.39, 0.29) is 0 Å². The molecule has 1 nitrogen and oxygen atoms in total. The minimum atomic E-state index is 0.926. The van der Waals surface area contributed by atoms with Gasteiger partial charge in [0.2, 0.25) is 0 Å². The summed E-state index contributed by atoms with van der Waals surface area (Å²) < 4.78 is 0. The first kappa shape index (κ1) is 4.80. The van der Waals surface area contributed by atoms with Gasteiger partial charge in [0.15, 0.2) is 0 Å². The Kier molecular flexibility index (Phi) is 1.04. The predicted octanol–water partition coefficient (Wildman–Crippen LogP) is 1.15. The van der Waals surface area contributed by atoms with Gasteiger partial charge in [-0.3, -0.25) is 0 Å². The lowest BCUT2D eigenvalue weighted by Crippen LogP contribution is -2.21. The maximum Gasteiger partial charge on any atom is 0.00958 e. The first-order valence-electron chi connectivity index (χ1n) is 3.70. The van der Waals surface area contributed by atoms with Crippen molar-refractivity contribution in [1.29, 1.82) is 0 Å². The van der Waals surface area contributed by atoms with Gasteiger partial charge in [0, 0.05) is 6.04 Å². The molecule has 2 aliphatic rings. The summed E-state index contributed by atoms with van der Waals surface area (Å²) in [6.45, 7) is 1.29. The van der Waals surface area contributed by atoms with Crippen molar-refractivity contribution in [3.05, 3.63) is 0 Å². The number of nitrogens with one attached hydrogen (secondary N) is 1. The number of hydrogen-bond donors (Lipinski definition) is 1. The molecule has 0 aromatic carbocycles. The normalized spacial score (nSPS) is 45.0. The van der Waals surface area contributed by atoms with E-state index in [0.717, 1.165) is 12.0 Å². The van der Waals surface area contributed by atoms with E-state index in [1.54, 1.807) is 0 Å². The molecule has 0 amide bonds. The van der Waals surface area contributed by atoms with Crippen LogP contribution in [0.25, 0.3) is 0 Å². The molecule has 0 radical (unpaired) electrons. The summed E-state index contributed by atoms with van der Waals surface area (Å²) in [4.78, 5) is 0. The van der Waals surface area contributed by atoms with Gasteiger partial charge in [-0.15, -0.1) is 0 Å². The fourth-order valence-corrected chi connectivity index (χ4v) is 2.11. The highest BCUT2D eigenvalue weighted by molar-refractivity contribution is 4.88. The molecule has 8 heavy (non-hydrogen) atoms. The zero-order chi connectivity index (χ0) is 5.40. The van der Waals surface area contributed by atoms with Crippen LogP contribution in [0.15, 0.2) is 0 Å². The molecule has 2 rings (SSSR count). The van der Waals surface area contributed by atoms with E-state index in [2.05, 4.69) is 5.32 Å². The number of hydrogen-bond acceptors (Lipinski definition) is 1. The highest BCUT2D eigenvalue weighted by Crippen LogP contribution is 2.31. The zero-order valence-corrected chi connectivity index (χ0v) is 5.19. The molecule has 1 aliphatic heterocycles. The summed E-state index contributed by atoms with van der Waals surface area (Å²) in [5.74, 6) is 1.06. The van der Waals surface area contributed by atoms with Crippen molar-refractivity contribution in [3.63, 3.8) is 0 Å². The second-order valence-electron chi connectivity index (χ2n) is 3.04. The van der Waals surface area contributed by atoms with Crippen molar-refractivity contribution in [3.8, 4) is 0 Å². The van der Waals surface area contributed by atoms with Crippen LogP contribution in [0.3, 0.4) is 0 Å². The molecule has 0 spiro atoms. The summed E-state index contributed by atoms with van der Waals surface area (Å²) in [5.41, 5.74) is 0. The van der Waals surface area contributed by atoms with Gasteiger partial charge in [0.05, 0.1) is 0 Å². The highest BCUT2D eigenvalue weighted by atomic mass is 15.0. The van der Waals surface area contributed by atoms with Crippen molar-refractivity contribution in [2.45, 2.75) is 31.7 Å². The van der Waals surface area contributed by atoms with Crippen LogP contribution in [0, 0.1) is 5.92 Å². The molecule has 2 fully saturated rings. The van der Waals surface area contributed by atoms with Crippen molar-refractivity contribution in [1.82, 2.24) is 5.32 Å². The van der Waals surface area contributed by atoms with Gasteiger partial charge in [-0.2, -0.15) is 0 Å². The Labute approximate surface area is 50.5 Å². The topological polar surface area (TPSA) is 12.0 Å². The van der Waals surface area contributed by atoms with Crippen LogP contribution in [-0.2, 0) is 0 Å². The van der Waals surface area contributed by atoms with Crippen molar-refractivity contribution < 1.29 is 0 Å². The largest absolute Gasteiger partial charge is 0.314 e. The number of rotatable bonds is 0. The molecular weight excluding hydrogens is 98.1 g/mol. The summed E-state index contributed by atoms with van der Waals surface area (Å²) in [6.07, 6.45) is 5.87. The van der Waals surface area contributed by atoms with Gasteiger partial charge < -0.3 is 5.32 Å². The molecule has 0 aromatic rings. The molecule has 1 aliphatic carbocycles. The summed E-state index contributed by atoms with van der Waals surface area (Å²) in [6, 6.07) is 0.926. The highest BCUT2D eigenvalue weighted by Gasteiger charge is 2.30. The van der Waals surface area contributed by atoms with E-state index in [1.807, 2.05) is 0 Å². The van der Waals surface area contributed by atoms with Crippen LogP contribution in [0.2, 0.25) is 0 Å². The van der Waals surface area contributed by atoms with Gasteiger partial charge in [0.1, 0.15) is 0 Å². The third-order valence-electron chi connectivity index (χ3n) is 2.58. The predicted molar refractivity (Wildman–Crippen MR) is 33.7 cm³/mol. The van der Waals surface area contributed by atoms with E-state index in [0.29, 0.717) is 0 Å². The Morgan fingerprint density at radius 3 is 3.00 bits per heavy atom. The van der Waals surface area contributed by atoms with Crippen LogP contribution in [0.5, 0.6) is 0 Å². The van der Waals surface area contributed by atoms with E-state index in [1.165, 1.54) is 32.2 Å². The minimum absolute atomic E-state index is 0.926. The van der Waals surface area contributed by atoms with Gasteiger partial charge in [-0.05, 0) is 31.7 Å². The Morgan fingerprint density at radius 2 is 2.12 bits per heavy atom. The van der Waals surface area contributed by atoms with E-state index in [4.69, 9.17) is 0 Å². The standard InChI is InChI=1S/C7H13N/c1-2-6-4-5-8-7(6)3-1/h6-8H,1-5H2/t6-,7-/m0/s1. The molecule has 1 heterocycles. The maximum absolute atomic E-state index is 3.52. The second-order valence-corrected chi connectivity index (χ2v) is 3.04. The molecule has 1 N–H and O–H groups in total. The lowest BCUT2D eigenvalue weighted by atomic mass is 10.1. The van der Waals surface area contributed by atoms with E-state index in [9.17, 15) is 0 Å². The number of fused-ring (bicyclic) bond motifs is 1. The smallest absolute Gasteiger partial charge is 0.00958 e. The lowest BCUT2D eigenvalue weighted by Gasteiger charge is -2.05. The van der Waals surface area contributed by atoms with Crippen LogP contribution >= 0.6 is 0 Å². The second kappa shape index (κ2) is 1.73. The Morgan fingerprint density at radius 1 is 1.12 bits per heavy atom. The van der Waals surface area contributed by atoms with Crippen LogP contribution in [0.4, 0.5) is 0 Å². The zero-order valence-electron chi connectivity index (χ0n) is 5.19. The first-order valence-corrected chi connectivity index (χ1v) is 3.70. The van der Waals surface area contributed by atoms with Crippen molar-refractivity contribution in [2.75, 3.05) is 6.54 Å². The fraction of sp³-hybridized carbons (Fsp3) is 1.00. The molecule has 0 unspecified atom stereocenters. The van der Waals surface area contributed by atoms with Crippen molar-refractivity contribution >= 4 is 0 Å². The molecule has 0 bridgehead atoms. The average molecular weight is 111 g/mol. The molecule has 0 aromatic heterocycles. The fourth-order valence-electron chi connectivity index (χ4n) is 2.11. The van der Waals surface area contributed by atoms with Gasteiger partial charge >= 0.3 is 0 Å². The lowest BCUT2D eigenvalue weighted by molar-refractivity contribution is 0.518. The summed E-state index contributed by atoms with van der Waals surface area (Å²) in [5, 5.41) is 3.52. The Balaban J connectivity index is 2.04. The Bertz CT molecular complexity index is 70.4. The third-order valence-corrected chi connectivity index (χ3v) is 2.58. The van der Waals surface area contributed by atoms with Crippen LogP contribution in [0.1, 0.15) is 25.7 Å². The van der Waals surface area contributed by atoms with E-state index >= 15 is 0 Å². The molecule has 1 saturated carbocycles. The van der Waals surface area contributed by atoms with E-state index < -0.39 is 0 Å². The maximum atomic E-state index is 3.52. The van der Waals surface area contributed by atoms with Gasteiger partial charge in [0.25, 0.3) is 0 Å². The average Bonchev–Trinajstić information content (AvgIpc) is 2.15. The Hall–Kier alpha value is -0.0400. The molecule has 1 heteroatoms. The molecule has 2 atom stereocenters. The minimum Gasteiger partial charge on any atom is -0.314 e. The SMILES string of the molecule is C1C[C@H]2CCN[C@H]2C1. The quantitative estimate of drug-likeness (QED) is 0.494. The molecule has 46 valence electrons. The first-order chi connectivity index (χ1) is 3.97. The summed E-state index contributed by atoms with van der Waals surface area (Å²) in [7, 11) is 0. The molecular formula is C7H13N. The monoisotopic (exact) mass is 111 g/mol. The van der Waals surface area contributed by atoms with Gasteiger partial charge in [-0.1, -0.05) is 6.42 Å².